The van der Waals surface area contributed by atoms with Gasteiger partial charge in [-0.15, -0.1) is 0 Å². The Labute approximate surface area is 265 Å². The minimum Gasteiger partial charge on any atom is -0.378 e. The van der Waals surface area contributed by atoms with Gasteiger partial charge in [-0.05, 0) is 73.5 Å². The number of unbranched alkanes of at least 4 members (excludes halogenated alkanes) is 3. The Bertz CT molecular complexity index is 1030. The molecule has 7 heteroatoms. The van der Waals surface area contributed by atoms with Crippen molar-refractivity contribution in [3.05, 3.63) is 5.82 Å². The number of hydrogen-bond donors (Lipinski definition) is 0. The highest BCUT2D eigenvalue weighted by atomic mass is 16.5. The number of rotatable bonds is 11. The van der Waals surface area contributed by atoms with Crippen molar-refractivity contribution >= 4 is 11.9 Å². The molecule has 2 heterocycles. The average molecular weight is 600 g/mol. The molecule has 0 atom stereocenters. The molecule has 0 amide bonds. The first kappa shape index (κ1) is 34.4. The van der Waals surface area contributed by atoms with E-state index in [1.165, 1.54) is 75.2 Å². The van der Waals surface area contributed by atoms with E-state index in [0.29, 0.717) is 27.7 Å². The summed E-state index contributed by atoms with van der Waals surface area (Å²) in [5.74, 6) is 2.52. The van der Waals surface area contributed by atoms with Gasteiger partial charge in [-0.3, -0.25) is 0 Å². The van der Waals surface area contributed by atoms with E-state index in [-0.39, 0.29) is 0 Å². The summed E-state index contributed by atoms with van der Waals surface area (Å²) in [6.45, 7) is 27.2. The van der Waals surface area contributed by atoms with Crippen LogP contribution in [0.5, 0.6) is 0 Å². The minimum atomic E-state index is 0.311. The highest BCUT2D eigenvalue weighted by Crippen LogP contribution is 2.49. The average Bonchev–Trinajstić information content (AvgIpc) is 2.84. The fourth-order valence-corrected chi connectivity index (χ4v) is 9.56. The van der Waals surface area contributed by atoms with E-state index in [2.05, 4.69) is 79.3 Å². The van der Waals surface area contributed by atoms with Crippen LogP contribution in [0.25, 0.3) is 0 Å². The molecular weight excluding hydrogens is 532 g/mol. The van der Waals surface area contributed by atoms with Gasteiger partial charge in [0.05, 0.1) is 39.9 Å². The van der Waals surface area contributed by atoms with Crippen LogP contribution in [0.1, 0.15) is 125 Å². The third-order valence-electron chi connectivity index (χ3n) is 10.7. The van der Waals surface area contributed by atoms with Gasteiger partial charge in [0.2, 0.25) is 11.9 Å². The second-order valence-electron chi connectivity index (χ2n) is 18.3. The van der Waals surface area contributed by atoms with Gasteiger partial charge in [0.15, 0.2) is 0 Å². The summed E-state index contributed by atoms with van der Waals surface area (Å²) in [6.07, 6.45) is 12.7. The molecule has 4 rings (SSSR count). The first-order valence-electron chi connectivity index (χ1n) is 17.5. The zero-order chi connectivity index (χ0) is 31.7. The lowest BCUT2D eigenvalue weighted by atomic mass is 9.63. The van der Waals surface area contributed by atoms with Crippen molar-refractivity contribution in [1.82, 2.24) is 15.0 Å². The van der Waals surface area contributed by atoms with Crippen LogP contribution in [0.2, 0.25) is 0 Å². The monoisotopic (exact) mass is 600 g/mol. The molecule has 0 spiro atoms. The number of hydrogen-bond acceptors (Lipinski definition) is 6. The smallest absolute Gasteiger partial charge is 0.230 e. The zero-order valence-corrected chi connectivity index (χ0v) is 30.1. The van der Waals surface area contributed by atoms with Crippen molar-refractivity contribution < 1.29 is 9.22 Å². The van der Waals surface area contributed by atoms with Gasteiger partial charge < -0.3 is 19.0 Å². The maximum Gasteiger partial charge on any atom is 0.230 e. The van der Waals surface area contributed by atoms with E-state index in [1.807, 2.05) is 6.92 Å². The van der Waals surface area contributed by atoms with E-state index < -0.39 is 0 Å². The summed E-state index contributed by atoms with van der Waals surface area (Å²) in [5.41, 5.74) is 1.52. The summed E-state index contributed by atoms with van der Waals surface area (Å²) in [7, 11) is 4.98. The number of ether oxygens (including phenoxy) is 1. The van der Waals surface area contributed by atoms with Crippen molar-refractivity contribution in [2.75, 3.05) is 63.3 Å². The molecule has 246 valence electrons. The number of anilines is 2. The molecule has 1 aromatic rings. The van der Waals surface area contributed by atoms with Gasteiger partial charge in [0.25, 0.3) is 0 Å². The zero-order valence-electron chi connectivity index (χ0n) is 30.1. The molecule has 43 heavy (non-hydrogen) atoms. The highest BCUT2D eigenvalue weighted by molar-refractivity contribution is 5.40. The summed E-state index contributed by atoms with van der Waals surface area (Å²) in [4.78, 5) is 19.7. The molecule has 0 unspecified atom stereocenters. The second kappa shape index (κ2) is 13.1. The SMILES string of the molecule is Cc1nc(N2CCOCC2)nc(N(CCCCCC[N+](C)(C)C2CC(C)(C)CC(C)(C)C2)C2CC(C)(C)CC(C)(C)C2)n1. The summed E-state index contributed by atoms with van der Waals surface area (Å²) in [5, 5.41) is 0. The minimum absolute atomic E-state index is 0.311. The predicted octanol–water partition coefficient (Wildman–Crippen LogP) is 7.67. The third kappa shape index (κ3) is 9.76. The lowest BCUT2D eigenvalue weighted by molar-refractivity contribution is -0.918. The van der Waals surface area contributed by atoms with Gasteiger partial charge in [-0.2, -0.15) is 15.0 Å². The van der Waals surface area contributed by atoms with Crippen LogP contribution in [0.3, 0.4) is 0 Å². The highest BCUT2D eigenvalue weighted by Gasteiger charge is 2.45. The van der Waals surface area contributed by atoms with E-state index >= 15 is 0 Å². The van der Waals surface area contributed by atoms with E-state index in [1.54, 1.807) is 0 Å². The maximum absolute atomic E-state index is 5.60. The number of aromatic nitrogens is 3. The molecule has 7 nitrogen and oxygen atoms in total. The van der Waals surface area contributed by atoms with Crippen molar-refractivity contribution in [3.63, 3.8) is 0 Å². The first-order chi connectivity index (χ1) is 19.9. The summed E-state index contributed by atoms with van der Waals surface area (Å²) < 4.78 is 6.77. The molecule has 0 radical (unpaired) electrons. The normalized spacial score (nSPS) is 24.2. The largest absolute Gasteiger partial charge is 0.378 e. The van der Waals surface area contributed by atoms with Crippen LogP contribution >= 0.6 is 0 Å². The topological polar surface area (TPSA) is 54.4 Å². The van der Waals surface area contributed by atoms with Crippen molar-refractivity contribution in [3.8, 4) is 0 Å². The molecule has 0 aromatic carbocycles. The van der Waals surface area contributed by atoms with E-state index in [0.717, 1.165) is 56.6 Å². The fraction of sp³-hybridized carbons (Fsp3) is 0.917. The van der Waals surface area contributed by atoms with Gasteiger partial charge in [0.1, 0.15) is 5.82 Å². The van der Waals surface area contributed by atoms with Gasteiger partial charge in [-0.25, -0.2) is 0 Å². The van der Waals surface area contributed by atoms with Crippen LogP contribution in [0.4, 0.5) is 11.9 Å². The maximum atomic E-state index is 5.60. The fourth-order valence-electron chi connectivity index (χ4n) is 9.56. The van der Waals surface area contributed by atoms with Gasteiger partial charge in [-0.1, -0.05) is 61.8 Å². The summed E-state index contributed by atoms with van der Waals surface area (Å²) >= 11 is 0. The standard InChI is InChI=1S/C36H67N6O/c1-28-37-31(40-17-20-43-21-18-40)39-32(38-28)41(29-22-33(2,3)26-34(4,5)23-29)16-14-12-13-15-19-42(10,11)30-24-35(6,7)27-36(8,9)25-30/h29-30H,12-27H2,1-11H3/q+1. The van der Waals surface area contributed by atoms with Crippen molar-refractivity contribution in [2.24, 2.45) is 21.7 Å². The van der Waals surface area contributed by atoms with Crippen LogP contribution in [-0.4, -0.2) is 85.0 Å². The van der Waals surface area contributed by atoms with Crippen LogP contribution < -0.4 is 9.80 Å². The van der Waals surface area contributed by atoms with Crippen LogP contribution in [0.15, 0.2) is 0 Å². The molecule has 3 fully saturated rings. The molecule has 1 saturated heterocycles. The Balaban J connectivity index is 1.40. The first-order valence-corrected chi connectivity index (χ1v) is 17.5. The summed E-state index contributed by atoms with van der Waals surface area (Å²) in [6, 6.07) is 1.21. The molecular formula is C36H67N6O+. The Morgan fingerprint density at radius 1 is 0.744 bits per heavy atom. The van der Waals surface area contributed by atoms with Crippen LogP contribution in [0, 0.1) is 28.6 Å². The van der Waals surface area contributed by atoms with Crippen molar-refractivity contribution in [1.29, 1.82) is 0 Å². The number of aryl methyl sites for hydroxylation is 1. The van der Waals surface area contributed by atoms with Crippen molar-refractivity contribution in [2.45, 2.75) is 139 Å². The van der Waals surface area contributed by atoms with Gasteiger partial charge in [0, 0.05) is 38.5 Å². The van der Waals surface area contributed by atoms with Gasteiger partial charge >= 0.3 is 0 Å². The Kier molecular flexibility index (Phi) is 10.5. The van der Waals surface area contributed by atoms with Crippen LogP contribution in [-0.2, 0) is 4.74 Å². The molecule has 0 N–H and O–H groups in total. The second-order valence-corrected chi connectivity index (χ2v) is 18.3. The number of nitrogens with zero attached hydrogens (tertiary/aromatic N) is 6. The molecule has 0 bridgehead atoms. The Morgan fingerprint density at radius 3 is 1.86 bits per heavy atom. The van der Waals surface area contributed by atoms with E-state index in [9.17, 15) is 0 Å². The third-order valence-corrected chi connectivity index (χ3v) is 10.7. The lowest BCUT2D eigenvalue weighted by Crippen LogP contribution is -2.55. The quantitative estimate of drug-likeness (QED) is 0.192. The Morgan fingerprint density at radius 2 is 1.28 bits per heavy atom. The molecule has 2 saturated carbocycles. The lowest BCUT2D eigenvalue weighted by Gasteiger charge is -2.50. The number of morpholine rings is 1. The Hall–Kier alpha value is -1.47. The van der Waals surface area contributed by atoms with E-state index in [4.69, 9.17) is 19.7 Å². The molecule has 1 aliphatic heterocycles. The number of quaternary nitrogens is 1. The predicted molar refractivity (Wildman–Crippen MR) is 181 cm³/mol. The molecule has 2 aliphatic carbocycles. The molecule has 3 aliphatic rings. The molecule has 1 aromatic heterocycles.